The second-order valence-corrected chi connectivity index (χ2v) is 5.12. The van der Waals surface area contributed by atoms with E-state index in [0.717, 1.165) is 5.56 Å². The quantitative estimate of drug-likeness (QED) is 0.900. The lowest BCUT2D eigenvalue weighted by molar-refractivity contribution is 0.404. The van der Waals surface area contributed by atoms with Gasteiger partial charge in [-0.05, 0) is 42.9 Å². The van der Waals surface area contributed by atoms with E-state index in [4.69, 9.17) is 27.9 Å². The van der Waals surface area contributed by atoms with Crippen LogP contribution in [-0.2, 0) is 0 Å². The number of nitrogens with one attached hydrogen (secondary N) is 1. The van der Waals surface area contributed by atoms with Gasteiger partial charge in [-0.25, -0.2) is 4.39 Å². The Kier molecular flexibility index (Phi) is 4.86. The molecule has 0 aliphatic carbocycles. The number of methoxy groups -OCH3 is 1. The van der Waals surface area contributed by atoms with E-state index in [-0.39, 0.29) is 11.9 Å². The molecule has 0 aromatic heterocycles. The highest BCUT2D eigenvalue weighted by Gasteiger charge is 2.20. The van der Waals surface area contributed by atoms with Crippen LogP contribution in [0.5, 0.6) is 5.75 Å². The summed E-state index contributed by atoms with van der Waals surface area (Å²) in [6, 6.07) is 9.33. The molecule has 0 fully saturated rings. The van der Waals surface area contributed by atoms with Crippen LogP contribution in [0.3, 0.4) is 0 Å². The van der Waals surface area contributed by atoms with Gasteiger partial charge in [-0.15, -0.1) is 0 Å². The summed E-state index contributed by atoms with van der Waals surface area (Å²) >= 11 is 12.1. The molecule has 0 spiro atoms. The van der Waals surface area contributed by atoms with Crippen LogP contribution in [0.2, 0.25) is 10.0 Å². The minimum Gasteiger partial charge on any atom is -0.496 e. The summed E-state index contributed by atoms with van der Waals surface area (Å²) in [5, 5.41) is 4.19. The molecule has 0 saturated carbocycles. The predicted octanol–water partition coefficient (Wildman–Crippen LogP) is 4.45. The first-order valence-corrected chi connectivity index (χ1v) is 6.78. The van der Waals surface area contributed by atoms with Crippen LogP contribution in [0.1, 0.15) is 17.2 Å². The Bertz CT molecular complexity index is 619. The predicted molar refractivity (Wildman–Crippen MR) is 80.3 cm³/mol. The topological polar surface area (TPSA) is 21.3 Å². The molecule has 1 unspecified atom stereocenters. The number of rotatable bonds is 4. The number of hydrogen-bond donors (Lipinski definition) is 1. The van der Waals surface area contributed by atoms with Gasteiger partial charge in [0, 0.05) is 15.6 Å². The first-order valence-electron chi connectivity index (χ1n) is 6.02. The lowest BCUT2D eigenvalue weighted by Gasteiger charge is -2.21. The van der Waals surface area contributed by atoms with E-state index in [1.165, 1.54) is 12.1 Å². The number of hydrogen-bond acceptors (Lipinski definition) is 2. The van der Waals surface area contributed by atoms with Gasteiger partial charge in [0.05, 0.1) is 13.2 Å². The molecule has 1 atom stereocenters. The Balaban J connectivity index is 2.54. The Morgan fingerprint density at radius 3 is 2.45 bits per heavy atom. The molecule has 2 aromatic carbocycles. The molecular weight excluding hydrogens is 300 g/mol. The molecule has 1 N–H and O–H groups in total. The largest absolute Gasteiger partial charge is 0.496 e. The minimum absolute atomic E-state index is 0.287. The summed E-state index contributed by atoms with van der Waals surface area (Å²) in [7, 11) is 3.33. The maximum Gasteiger partial charge on any atom is 0.124 e. The van der Waals surface area contributed by atoms with Gasteiger partial charge in [-0.1, -0.05) is 29.3 Å². The second kappa shape index (κ2) is 6.44. The van der Waals surface area contributed by atoms with Crippen LogP contribution >= 0.6 is 23.2 Å². The Labute approximate surface area is 127 Å². The molecule has 20 heavy (non-hydrogen) atoms. The molecule has 5 heteroatoms. The first kappa shape index (κ1) is 15.1. The standard InChI is InChI=1S/C15H14Cl2FNO/c1-19-15(11-5-3-9(16)7-13(11)17)12-8-10(18)4-6-14(12)20-2/h3-8,15,19H,1-2H3. The minimum atomic E-state index is -0.328. The van der Waals surface area contributed by atoms with Gasteiger partial charge in [-0.2, -0.15) is 0 Å². The summed E-state index contributed by atoms with van der Waals surface area (Å²) in [6.45, 7) is 0. The number of benzene rings is 2. The third kappa shape index (κ3) is 3.06. The molecule has 106 valence electrons. The van der Waals surface area contributed by atoms with Crippen LogP contribution in [0.15, 0.2) is 36.4 Å². The van der Waals surface area contributed by atoms with E-state index >= 15 is 0 Å². The van der Waals surface area contributed by atoms with Crippen molar-refractivity contribution < 1.29 is 9.13 Å². The fraction of sp³-hybridized carbons (Fsp3) is 0.200. The highest BCUT2D eigenvalue weighted by atomic mass is 35.5. The lowest BCUT2D eigenvalue weighted by Crippen LogP contribution is -2.19. The molecule has 2 rings (SSSR count). The van der Waals surface area contributed by atoms with E-state index in [9.17, 15) is 4.39 Å². The van der Waals surface area contributed by atoms with Gasteiger partial charge < -0.3 is 10.1 Å². The second-order valence-electron chi connectivity index (χ2n) is 4.27. The zero-order valence-corrected chi connectivity index (χ0v) is 12.6. The van der Waals surface area contributed by atoms with Crippen LogP contribution in [0.25, 0.3) is 0 Å². The molecule has 0 aliphatic heterocycles. The SMILES string of the molecule is CNC(c1ccc(Cl)cc1Cl)c1cc(F)ccc1OC. The van der Waals surface area contributed by atoms with Crippen molar-refractivity contribution in [3.63, 3.8) is 0 Å². The van der Waals surface area contributed by atoms with E-state index in [1.54, 1.807) is 32.4 Å². The molecule has 0 heterocycles. The number of halogens is 3. The highest BCUT2D eigenvalue weighted by molar-refractivity contribution is 6.35. The molecule has 2 aromatic rings. The smallest absolute Gasteiger partial charge is 0.124 e. The van der Waals surface area contributed by atoms with Crippen molar-refractivity contribution in [2.45, 2.75) is 6.04 Å². The van der Waals surface area contributed by atoms with Crippen LogP contribution in [0.4, 0.5) is 4.39 Å². The van der Waals surface area contributed by atoms with E-state index < -0.39 is 0 Å². The van der Waals surface area contributed by atoms with Gasteiger partial charge >= 0.3 is 0 Å². The average molecular weight is 314 g/mol. The molecule has 0 saturated heterocycles. The summed E-state index contributed by atoms with van der Waals surface area (Å²) in [4.78, 5) is 0. The third-order valence-electron chi connectivity index (χ3n) is 3.06. The summed E-state index contributed by atoms with van der Waals surface area (Å²) in [6.07, 6.45) is 0. The van der Waals surface area contributed by atoms with Crippen LogP contribution in [0, 0.1) is 5.82 Å². The molecule has 0 bridgehead atoms. The number of ether oxygens (including phenoxy) is 1. The molecular formula is C15H14Cl2FNO. The van der Waals surface area contributed by atoms with E-state index in [1.807, 2.05) is 6.07 Å². The van der Waals surface area contributed by atoms with Crippen molar-refractivity contribution in [2.75, 3.05) is 14.2 Å². The van der Waals surface area contributed by atoms with Gasteiger partial charge in [-0.3, -0.25) is 0 Å². The van der Waals surface area contributed by atoms with Crippen molar-refractivity contribution in [2.24, 2.45) is 0 Å². The van der Waals surface area contributed by atoms with Crippen molar-refractivity contribution >= 4 is 23.2 Å². The average Bonchev–Trinajstić information content (AvgIpc) is 2.42. The summed E-state index contributed by atoms with van der Waals surface area (Å²) in [5.41, 5.74) is 1.49. The maximum absolute atomic E-state index is 13.5. The summed E-state index contributed by atoms with van der Waals surface area (Å²) in [5.74, 6) is 0.267. The van der Waals surface area contributed by atoms with Crippen LogP contribution in [-0.4, -0.2) is 14.2 Å². The Morgan fingerprint density at radius 1 is 1.10 bits per heavy atom. The van der Waals surface area contributed by atoms with E-state index in [0.29, 0.717) is 21.4 Å². The van der Waals surface area contributed by atoms with Gasteiger partial charge in [0.15, 0.2) is 0 Å². The van der Waals surface area contributed by atoms with Crippen molar-refractivity contribution in [1.82, 2.24) is 5.32 Å². The van der Waals surface area contributed by atoms with Crippen molar-refractivity contribution in [1.29, 1.82) is 0 Å². The highest BCUT2D eigenvalue weighted by Crippen LogP contribution is 2.34. The van der Waals surface area contributed by atoms with Crippen molar-refractivity contribution in [3.05, 3.63) is 63.4 Å². The fourth-order valence-corrected chi connectivity index (χ4v) is 2.66. The molecule has 0 aliphatic rings. The third-order valence-corrected chi connectivity index (χ3v) is 3.63. The van der Waals surface area contributed by atoms with Gasteiger partial charge in [0.2, 0.25) is 0 Å². The van der Waals surface area contributed by atoms with Crippen molar-refractivity contribution in [3.8, 4) is 5.75 Å². The Morgan fingerprint density at radius 2 is 1.85 bits per heavy atom. The monoisotopic (exact) mass is 313 g/mol. The van der Waals surface area contributed by atoms with Crippen LogP contribution < -0.4 is 10.1 Å². The molecule has 2 nitrogen and oxygen atoms in total. The Hall–Kier alpha value is -1.29. The lowest BCUT2D eigenvalue weighted by atomic mass is 9.97. The molecule has 0 amide bonds. The first-order chi connectivity index (χ1) is 9.56. The van der Waals surface area contributed by atoms with Gasteiger partial charge in [0.1, 0.15) is 11.6 Å². The maximum atomic E-state index is 13.5. The molecule has 0 radical (unpaired) electrons. The zero-order chi connectivity index (χ0) is 14.7. The summed E-state index contributed by atoms with van der Waals surface area (Å²) < 4.78 is 18.8. The van der Waals surface area contributed by atoms with Gasteiger partial charge in [0.25, 0.3) is 0 Å². The van der Waals surface area contributed by atoms with E-state index in [2.05, 4.69) is 5.32 Å². The normalized spacial score (nSPS) is 12.2. The fourth-order valence-electron chi connectivity index (χ4n) is 2.14. The zero-order valence-electron chi connectivity index (χ0n) is 11.1.